The lowest BCUT2D eigenvalue weighted by atomic mass is 10.3. The number of hydrogen-bond donors (Lipinski definition) is 1. The molecule has 30 heavy (non-hydrogen) atoms. The number of nitrogens with one attached hydrogen (secondary N) is 1. The van der Waals surface area contributed by atoms with Crippen molar-refractivity contribution in [1.82, 2.24) is 24.7 Å². The number of methoxy groups -OCH3 is 1. The van der Waals surface area contributed by atoms with Gasteiger partial charge in [-0.05, 0) is 30.7 Å². The summed E-state index contributed by atoms with van der Waals surface area (Å²) in [6.45, 7) is -0.0335. The SMILES string of the molecule is COC(=O)c1nn(CCOCC(F)(F)F)c2c(Nc3cccc(C)n3)nc(Cl)nc12. The number of halogens is 4. The van der Waals surface area contributed by atoms with E-state index in [-0.39, 0.29) is 41.0 Å². The quantitative estimate of drug-likeness (QED) is 0.336. The summed E-state index contributed by atoms with van der Waals surface area (Å²) in [7, 11) is 1.16. The van der Waals surface area contributed by atoms with Crippen LogP contribution >= 0.6 is 11.6 Å². The maximum atomic E-state index is 12.3. The number of anilines is 2. The number of fused-ring (bicyclic) bond motifs is 1. The molecule has 0 bridgehead atoms. The number of esters is 1. The Morgan fingerprint density at radius 1 is 1.27 bits per heavy atom. The lowest BCUT2D eigenvalue weighted by molar-refractivity contribution is -0.174. The Balaban J connectivity index is 2.02. The maximum Gasteiger partial charge on any atom is 0.411 e. The van der Waals surface area contributed by atoms with Crippen LogP contribution in [0.1, 0.15) is 16.2 Å². The van der Waals surface area contributed by atoms with Crippen LogP contribution in [0, 0.1) is 6.92 Å². The Morgan fingerprint density at radius 2 is 2.03 bits per heavy atom. The first-order chi connectivity index (χ1) is 14.2. The molecule has 3 heterocycles. The number of nitrogens with zero attached hydrogens (tertiary/aromatic N) is 5. The second kappa shape index (κ2) is 8.79. The van der Waals surface area contributed by atoms with E-state index in [0.29, 0.717) is 5.82 Å². The molecule has 0 aromatic carbocycles. The van der Waals surface area contributed by atoms with Gasteiger partial charge < -0.3 is 14.8 Å². The van der Waals surface area contributed by atoms with Crippen molar-refractivity contribution in [2.24, 2.45) is 0 Å². The van der Waals surface area contributed by atoms with E-state index in [1.54, 1.807) is 25.1 Å². The smallest absolute Gasteiger partial charge is 0.411 e. The molecule has 0 atom stereocenters. The molecule has 0 aliphatic carbocycles. The zero-order chi connectivity index (χ0) is 21.9. The summed E-state index contributed by atoms with van der Waals surface area (Å²) >= 11 is 6.01. The highest BCUT2D eigenvalue weighted by Crippen LogP contribution is 2.28. The van der Waals surface area contributed by atoms with Crippen LogP contribution in [-0.4, -0.2) is 57.2 Å². The molecule has 1 N–H and O–H groups in total. The van der Waals surface area contributed by atoms with Crippen molar-refractivity contribution in [2.75, 3.05) is 25.6 Å². The normalized spacial score (nSPS) is 11.7. The van der Waals surface area contributed by atoms with E-state index in [4.69, 9.17) is 16.3 Å². The van der Waals surface area contributed by atoms with E-state index in [0.717, 1.165) is 12.8 Å². The fourth-order valence-corrected chi connectivity index (χ4v) is 2.78. The monoisotopic (exact) mass is 444 g/mol. The highest BCUT2D eigenvalue weighted by Gasteiger charge is 2.28. The van der Waals surface area contributed by atoms with Crippen LogP contribution in [0.25, 0.3) is 11.0 Å². The number of carbonyl (C=O) groups excluding carboxylic acids is 1. The Bertz CT molecular complexity index is 1070. The van der Waals surface area contributed by atoms with Crippen LogP contribution in [0.5, 0.6) is 0 Å². The van der Waals surface area contributed by atoms with Crippen LogP contribution in [0.15, 0.2) is 18.2 Å². The average molecular weight is 445 g/mol. The fraction of sp³-hybridized carbons (Fsp3) is 0.353. The van der Waals surface area contributed by atoms with E-state index < -0.39 is 18.8 Å². The van der Waals surface area contributed by atoms with Gasteiger partial charge in [-0.3, -0.25) is 4.68 Å². The van der Waals surface area contributed by atoms with Crippen molar-refractivity contribution in [1.29, 1.82) is 0 Å². The molecule has 0 fully saturated rings. The van der Waals surface area contributed by atoms with Crippen molar-refractivity contribution >= 4 is 40.2 Å². The molecule has 13 heteroatoms. The van der Waals surface area contributed by atoms with Gasteiger partial charge in [0.1, 0.15) is 23.5 Å². The first-order valence-corrected chi connectivity index (χ1v) is 8.93. The zero-order valence-electron chi connectivity index (χ0n) is 15.8. The fourth-order valence-electron chi connectivity index (χ4n) is 2.61. The number of alkyl halides is 3. The van der Waals surface area contributed by atoms with Gasteiger partial charge in [-0.2, -0.15) is 23.3 Å². The third-order valence-corrected chi connectivity index (χ3v) is 3.96. The predicted molar refractivity (Wildman–Crippen MR) is 101 cm³/mol. The average Bonchev–Trinajstić information content (AvgIpc) is 3.02. The second-order valence-corrected chi connectivity index (χ2v) is 6.40. The molecular formula is C17H16ClF3N6O3. The van der Waals surface area contributed by atoms with Gasteiger partial charge in [-0.1, -0.05) is 6.07 Å². The zero-order valence-corrected chi connectivity index (χ0v) is 16.6. The molecule has 0 radical (unpaired) electrons. The number of pyridine rings is 1. The Kier molecular flexibility index (Phi) is 6.37. The summed E-state index contributed by atoms with van der Waals surface area (Å²) in [4.78, 5) is 24.6. The highest BCUT2D eigenvalue weighted by molar-refractivity contribution is 6.29. The molecule has 0 saturated carbocycles. The number of rotatable bonds is 7. The van der Waals surface area contributed by atoms with Gasteiger partial charge in [0, 0.05) is 5.69 Å². The maximum absolute atomic E-state index is 12.3. The molecule has 0 aliphatic rings. The lowest BCUT2D eigenvalue weighted by Crippen LogP contribution is -2.19. The molecular weight excluding hydrogens is 429 g/mol. The molecule has 3 rings (SSSR count). The van der Waals surface area contributed by atoms with Crippen LogP contribution in [0.4, 0.5) is 24.8 Å². The van der Waals surface area contributed by atoms with E-state index in [9.17, 15) is 18.0 Å². The van der Waals surface area contributed by atoms with Gasteiger partial charge in [0.2, 0.25) is 5.28 Å². The van der Waals surface area contributed by atoms with E-state index in [1.165, 1.54) is 4.68 Å². The minimum absolute atomic E-state index is 0.0767. The van der Waals surface area contributed by atoms with Gasteiger partial charge in [0.15, 0.2) is 11.5 Å². The Labute approximate surface area is 173 Å². The van der Waals surface area contributed by atoms with Gasteiger partial charge >= 0.3 is 12.1 Å². The predicted octanol–water partition coefficient (Wildman–Crippen LogP) is 3.29. The van der Waals surface area contributed by atoms with Crippen LogP contribution in [-0.2, 0) is 16.0 Å². The van der Waals surface area contributed by atoms with Crippen molar-refractivity contribution < 1.29 is 27.4 Å². The first-order valence-electron chi connectivity index (χ1n) is 8.55. The molecule has 0 spiro atoms. The van der Waals surface area contributed by atoms with E-state index >= 15 is 0 Å². The summed E-state index contributed by atoms with van der Waals surface area (Å²) in [6, 6.07) is 5.25. The van der Waals surface area contributed by atoms with Crippen LogP contribution < -0.4 is 5.32 Å². The standard InChI is InChI=1S/C17H16ClF3N6O3/c1-9-4-3-5-10(22-9)23-14-13-11(24-16(18)25-14)12(15(28)29-2)26-27(13)6-7-30-8-17(19,20)21/h3-5H,6-8H2,1-2H3,(H,22,23,24,25). The Morgan fingerprint density at radius 3 is 2.70 bits per heavy atom. The lowest BCUT2D eigenvalue weighted by Gasteiger charge is -2.11. The molecule has 0 aliphatic heterocycles. The minimum Gasteiger partial charge on any atom is -0.464 e. The van der Waals surface area contributed by atoms with Crippen molar-refractivity contribution in [3.8, 4) is 0 Å². The van der Waals surface area contributed by atoms with Gasteiger partial charge in [-0.15, -0.1) is 0 Å². The summed E-state index contributed by atoms with van der Waals surface area (Å²) in [5, 5.41) is 6.92. The van der Waals surface area contributed by atoms with Crippen LogP contribution in [0.3, 0.4) is 0 Å². The number of carbonyl (C=O) groups is 1. The number of ether oxygens (including phenoxy) is 2. The van der Waals surface area contributed by atoms with Crippen LogP contribution in [0.2, 0.25) is 5.28 Å². The van der Waals surface area contributed by atoms with Gasteiger partial charge in [0.25, 0.3) is 0 Å². The first kappa shape index (κ1) is 21.7. The molecule has 3 aromatic rings. The molecule has 3 aromatic heterocycles. The molecule has 160 valence electrons. The molecule has 9 nitrogen and oxygen atoms in total. The summed E-state index contributed by atoms with van der Waals surface area (Å²) < 4.78 is 47.6. The minimum atomic E-state index is -4.45. The topological polar surface area (TPSA) is 104 Å². The van der Waals surface area contributed by atoms with E-state index in [1.807, 2.05) is 0 Å². The second-order valence-electron chi connectivity index (χ2n) is 6.06. The molecule has 0 saturated heterocycles. The largest absolute Gasteiger partial charge is 0.464 e. The number of hydrogen-bond acceptors (Lipinski definition) is 8. The van der Waals surface area contributed by atoms with Crippen molar-refractivity contribution in [3.05, 3.63) is 34.9 Å². The number of aryl methyl sites for hydroxylation is 1. The summed E-state index contributed by atoms with van der Waals surface area (Å²) in [5.41, 5.74) is 0.889. The van der Waals surface area contributed by atoms with Crippen molar-refractivity contribution in [2.45, 2.75) is 19.6 Å². The van der Waals surface area contributed by atoms with Gasteiger partial charge in [0.05, 0.1) is 20.3 Å². The molecule has 0 amide bonds. The number of aromatic nitrogens is 5. The third kappa shape index (κ3) is 5.13. The molecule has 0 unspecified atom stereocenters. The van der Waals surface area contributed by atoms with Crippen molar-refractivity contribution in [3.63, 3.8) is 0 Å². The summed E-state index contributed by atoms with van der Waals surface area (Å²) in [5.74, 6) is -0.183. The van der Waals surface area contributed by atoms with Gasteiger partial charge in [-0.25, -0.2) is 14.8 Å². The summed E-state index contributed by atoms with van der Waals surface area (Å²) in [6.07, 6.45) is -4.45. The third-order valence-electron chi connectivity index (χ3n) is 3.79. The highest BCUT2D eigenvalue weighted by atomic mass is 35.5. The van der Waals surface area contributed by atoms with E-state index in [2.05, 4.69) is 30.1 Å². The Hall–Kier alpha value is -2.99.